The minimum absolute atomic E-state index is 0.118. The molecule has 9 nitrogen and oxygen atoms in total. The first-order valence-corrected chi connectivity index (χ1v) is 14.1. The van der Waals surface area contributed by atoms with Gasteiger partial charge in [-0.15, -0.1) is 0 Å². The van der Waals surface area contributed by atoms with Gasteiger partial charge in [-0.05, 0) is 37.3 Å². The first kappa shape index (κ1) is 25.1. The van der Waals surface area contributed by atoms with Gasteiger partial charge in [0.05, 0.1) is 23.1 Å². The van der Waals surface area contributed by atoms with Gasteiger partial charge in [0.15, 0.2) is 11.4 Å². The largest absolute Gasteiger partial charge is 0.464 e. The third-order valence-electron chi connectivity index (χ3n) is 7.19. The van der Waals surface area contributed by atoms with E-state index in [2.05, 4.69) is 4.98 Å². The van der Waals surface area contributed by atoms with Crippen molar-refractivity contribution in [1.29, 1.82) is 0 Å². The molecular formula is C29H27N3O6S. The molecule has 10 heteroatoms. The number of para-hydroxylation sites is 1. The third kappa shape index (κ3) is 3.82. The number of nitrogens with zero attached hydrogens (tertiary/aromatic N) is 3. The summed E-state index contributed by atoms with van der Waals surface area (Å²) >= 11 is 0. The molecule has 1 aliphatic heterocycles. The number of carbonyl (C=O) groups excluding carboxylic acids is 1. The van der Waals surface area contributed by atoms with Gasteiger partial charge in [0, 0.05) is 48.7 Å². The molecule has 1 aliphatic rings. The molecule has 0 bridgehead atoms. The summed E-state index contributed by atoms with van der Waals surface area (Å²) in [5.74, 6) is -0.745. The van der Waals surface area contributed by atoms with Crippen molar-refractivity contribution in [1.82, 2.24) is 13.5 Å². The Kier molecular flexibility index (Phi) is 6.16. The molecule has 5 aromatic rings. The van der Waals surface area contributed by atoms with Gasteiger partial charge >= 0.3 is 5.97 Å². The second kappa shape index (κ2) is 9.55. The molecule has 4 heterocycles. The molecule has 200 valence electrons. The maximum absolute atomic E-state index is 14.2. The van der Waals surface area contributed by atoms with Crippen molar-refractivity contribution < 1.29 is 27.4 Å². The average molecular weight is 546 g/mol. The van der Waals surface area contributed by atoms with Crippen molar-refractivity contribution in [3.63, 3.8) is 0 Å². The number of ether oxygens (including phenoxy) is 3. The van der Waals surface area contributed by atoms with Crippen LogP contribution in [0.25, 0.3) is 21.9 Å². The van der Waals surface area contributed by atoms with Crippen molar-refractivity contribution in [2.45, 2.75) is 30.4 Å². The standard InChI is InChI=1S/C29H27N3O6S/c1-4-37-23-17-21(24-19-13-8-9-15-22(19)31(2)26(24)29(33)36-3)25-27(38-23)20-14-10-16-30-28(20)32(25)39(34,35)18-11-6-5-7-12-18/h5-16,21,23H,4,17H2,1-3H3/t21-,23+/m0/s1. The lowest BCUT2D eigenvalue weighted by molar-refractivity contribution is -0.0888. The first-order valence-electron chi connectivity index (χ1n) is 12.6. The second-order valence-electron chi connectivity index (χ2n) is 9.29. The highest BCUT2D eigenvalue weighted by atomic mass is 32.2. The van der Waals surface area contributed by atoms with Crippen molar-refractivity contribution in [3.05, 3.63) is 89.9 Å². The van der Waals surface area contributed by atoms with Crippen molar-refractivity contribution in [2.75, 3.05) is 13.7 Å². The molecule has 6 rings (SSSR count). The van der Waals surface area contributed by atoms with Gasteiger partial charge in [-0.25, -0.2) is 22.2 Å². The summed E-state index contributed by atoms with van der Waals surface area (Å²) in [7, 11) is -0.971. The van der Waals surface area contributed by atoms with Crippen molar-refractivity contribution >= 4 is 37.9 Å². The summed E-state index contributed by atoms with van der Waals surface area (Å²) in [6, 6.07) is 19.4. The Bertz CT molecular complexity index is 1820. The average Bonchev–Trinajstić information content (AvgIpc) is 3.46. The number of aryl methyl sites for hydroxylation is 1. The molecular weight excluding hydrogens is 518 g/mol. The number of aromatic nitrogens is 3. The van der Waals surface area contributed by atoms with Crippen LogP contribution in [0.1, 0.15) is 41.0 Å². The molecule has 0 amide bonds. The van der Waals surface area contributed by atoms with Gasteiger partial charge in [0.25, 0.3) is 10.0 Å². The molecule has 0 radical (unpaired) electrons. The fourth-order valence-electron chi connectivity index (χ4n) is 5.59. The van der Waals surface area contributed by atoms with Crippen LogP contribution in [0.3, 0.4) is 0 Å². The van der Waals surface area contributed by atoms with E-state index in [-0.39, 0.29) is 17.0 Å². The highest BCUT2D eigenvalue weighted by Crippen LogP contribution is 2.50. The van der Waals surface area contributed by atoms with E-state index in [1.807, 2.05) is 31.2 Å². The Hall–Kier alpha value is -4.15. The minimum atomic E-state index is -4.11. The van der Waals surface area contributed by atoms with E-state index in [9.17, 15) is 13.2 Å². The highest BCUT2D eigenvalue weighted by Gasteiger charge is 2.42. The van der Waals surface area contributed by atoms with Crippen LogP contribution in [0.5, 0.6) is 5.75 Å². The van der Waals surface area contributed by atoms with Gasteiger partial charge in [-0.1, -0.05) is 36.4 Å². The number of hydrogen-bond donors (Lipinski definition) is 0. The number of esters is 1. The van der Waals surface area contributed by atoms with Gasteiger partial charge in [-0.3, -0.25) is 0 Å². The second-order valence-corrected chi connectivity index (χ2v) is 11.1. The van der Waals surface area contributed by atoms with Crippen LogP contribution < -0.4 is 4.74 Å². The molecule has 0 N–H and O–H groups in total. The maximum atomic E-state index is 14.2. The minimum Gasteiger partial charge on any atom is -0.464 e. The van der Waals surface area contributed by atoms with Crippen LogP contribution in [-0.2, 0) is 26.5 Å². The zero-order valence-electron chi connectivity index (χ0n) is 21.7. The molecule has 39 heavy (non-hydrogen) atoms. The van der Waals surface area contributed by atoms with Crippen molar-refractivity contribution in [2.24, 2.45) is 7.05 Å². The summed E-state index contributed by atoms with van der Waals surface area (Å²) in [5, 5.41) is 1.36. The van der Waals surface area contributed by atoms with E-state index in [1.165, 1.54) is 11.1 Å². The molecule has 3 aromatic heterocycles. The molecule has 0 saturated carbocycles. The number of carbonyl (C=O) groups is 1. The number of rotatable bonds is 6. The van der Waals surface area contributed by atoms with E-state index < -0.39 is 28.2 Å². The number of fused-ring (bicyclic) bond motifs is 4. The molecule has 0 unspecified atom stereocenters. The van der Waals surface area contributed by atoms with Gasteiger partial charge < -0.3 is 18.8 Å². The van der Waals surface area contributed by atoms with Crippen LogP contribution in [0.4, 0.5) is 0 Å². The quantitative estimate of drug-likeness (QED) is 0.282. The predicted molar refractivity (Wildman–Crippen MR) is 146 cm³/mol. The summed E-state index contributed by atoms with van der Waals surface area (Å²) in [6.45, 7) is 2.27. The summed E-state index contributed by atoms with van der Waals surface area (Å²) in [4.78, 5) is 17.8. The van der Waals surface area contributed by atoms with Crippen LogP contribution in [0, 0.1) is 0 Å². The lowest BCUT2D eigenvalue weighted by Gasteiger charge is -2.31. The highest BCUT2D eigenvalue weighted by molar-refractivity contribution is 7.90. The Morgan fingerprint density at radius 1 is 1.05 bits per heavy atom. The molecule has 2 atom stereocenters. The fourth-order valence-corrected chi connectivity index (χ4v) is 7.14. The van der Waals surface area contributed by atoms with E-state index >= 15 is 0 Å². The van der Waals surface area contributed by atoms with Crippen molar-refractivity contribution in [3.8, 4) is 5.75 Å². The summed E-state index contributed by atoms with van der Waals surface area (Å²) in [6.07, 6.45) is 1.16. The monoisotopic (exact) mass is 545 g/mol. The Balaban J connectivity index is 1.74. The van der Waals surface area contributed by atoms with E-state index in [1.54, 1.807) is 60.3 Å². The lowest BCUT2D eigenvalue weighted by Crippen LogP contribution is -2.31. The van der Waals surface area contributed by atoms with E-state index in [4.69, 9.17) is 14.2 Å². The van der Waals surface area contributed by atoms with Gasteiger partial charge in [-0.2, -0.15) is 0 Å². The summed E-state index contributed by atoms with van der Waals surface area (Å²) in [5.41, 5.74) is 2.45. The molecule has 2 aromatic carbocycles. The lowest BCUT2D eigenvalue weighted by atomic mass is 9.87. The smallest absolute Gasteiger partial charge is 0.355 e. The number of hydrogen-bond acceptors (Lipinski definition) is 7. The fraction of sp³-hybridized carbons (Fsp3) is 0.241. The van der Waals surface area contributed by atoms with Gasteiger partial charge in [0.2, 0.25) is 6.29 Å². The molecule has 0 aliphatic carbocycles. The molecule has 0 saturated heterocycles. The zero-order chi connectivity index (χ0) is 27.3. The summed E-state index contributed by atoms with van der Waals surface area (Å²) < 4.78 is 49.0. The Morgan fingerprint density at radius 2 is 1.77 bits per heavy atom. The number of pyridine rings is 1. The zero-order valence-corrected chi connectivity index (χ0v) is 22.5. The van der Waals surface area contributed by atoms with E-state index in [0.717, 1.165) is 10.9 Å². The Labute approximate surface area is 225 Å². The molecule has 0 spiro atoms. The maximum Gasteiger partial charge on any atom is 0.355 e. The Morgan fingerprint density at radius 3 is 2.51 bits per heavy atom. The number of methoxy groups -OCH3 is 1. The first-order chi connectivity index (χ1) is 18.9. The van der Waals surface area contributed by atoms with Crippen LogP contribution in [0.15, 0.2) is 77.8 Å². The van der Waals surface area contributed by atoms with Gasteiger partial charge in [0.1, 0.15) is 5.69 Å². The molecule has 0 fully saturated rings. The van der Waals surface area contributed by atoms with Crippen LogP contribution in [-0.4, -0.2) is 47.9 Å². The van der Waals surface area contributed by atoms with E-state index in [0.29, 0.717) is 34.7 Å². The van der Waals surface area contributed by atoms with Crippen LogP contribution >= 0.6 is 0 Å². The van der Waals surface area contributed by atoms with Crippen LogP contribution in [0.2, 0.25) is 0 Å². The normalized spacial score (nSPS) is 17.2. The number of benzene rings is 2. The topological polar surface area (TPSA) is 102 Å². The SMILES string of the molecule is CCO[C@H]1C[C@@H](c2c(C(=O)OC)n(C)c3ccccc23)c2c(c3cccnc3n2S(=O)(=O)c2ccccc2)O1. The predicted octanol–water partition coefficient (Wildman–Crippen LogP) is 4.83. The third-order valence-corrected chi connectivity index (χ3v) is 8.91.